The summed E-state index contributed by atoms with van der Waals surface area (Å²) in [5.41, 5.74) is 2.27. The van der Waals surface area contributed by atoms with Crippen LogP contribution in [0.25, 0.3) is 0 Å². The first-order valence-corrected chi connectivity index (χ1v) is 10.0. The minimum atomic E-state index is -0.0477. The molecule has 0 atom stereocenters. The summed E-state index contributed by atoms with van der Waals surface area (Å²) in [4.78, 5) is 2.21. The van der Waals surface area contributed by atoms with E-state index < -0.39 is 0 Å². The average Bonchev–Trinajstić information content (AvgIpc) is 2.66. The van der Waals surface area contributed by atoms with Crippen LogP contribution in [0.5, 0.6) is 5.75 Å². The van der Waals surface area contributed by atoms with Gasteiger partial charge in [-0.3, -0.25) is 0 Å². The number of hydrogen-bond acceptors (Lipinski definition) is 4. The van der Waals surface area contributed by atoms with E-state index in [1.54, 1.807) is 23.9 Å². The Morgan fingerprint density at radius 3 is 2.37 bits per heavy atom. The van der Waals surface area contributed by atoms with Gasteiger partial charge in [0.25, 0.3) is 0 Å². The van der Waals surface area contributed by atoms with E-state index in [2.05, 4.69) is 11.4 Å². The molecule has 0 radical (unpaired) electrons. The van der Waals surface area contributed by atoms with Crippen molar-refractivity contribution in [3.05, 3.63) is 81.8 Å². The molecule has 0 aromatic heterocycles. The molecule has 6 heteroatoms. The summed E-state index contributed by atoms with van der Waals surface area (Å²) in [5, 5.41) is 24.0. The Bertz CT molecular complexity index is 917. The molecule has 0 spiro atoms. The Labute approximate surface area is 173 Å². The van der Waals surface area contributed by atoms with Crippen LogP contribution in [0.15, 0.2) is 70.5 Å². The van der Waals surface area contributed by atoms with Gasteiger partial charge in [-0.1, -0.05) is 53.2 Å². The SMILES string of the molecule is OCCc1cc(Cl)cc(NCc2ccccc2Sc2ccc(Cl)cc2)c1O. The molecule has 27 heavy (non-hydrogen) atoms. The van der Waals surface area contributed by atoms with Crippen LogP contribution in [-0.4, -0.2) is 16.8 Å². The molecule has 3 aromatic rings. The molecule has 0 amide bonds. The Balaban J connectivity index is 1.78. The molecule has 0 unspecified atom stereocenters. The standard InChI is InChI=1S/C21H19Cl2NO2S/c22-16-5-7-18(8-6-16)27-20-4-2-1-3-15(20)13-24-19-12-17(23)11-14(9-10-25)21(19)26/h1-8,11-12,24-26H,9-10,13H2. The van der Waals surface area contributed by atoms with Gasteiger partial charge in [0.1, 0.15) is 5.75 Å². The first kappa shape index (κ1) is 19.9. The van der Waals surface area contributed by atoms with Gasteiger partial charge in [-0.2, -0.15) is 0 Å². The highest BCUT2D eigenvalue weighted by molar-refractivity contribution is 7.99. The maximum absolute atomic E-state index is 10.4. The Kier molecular flexibility index (Phi) is 6.91. The van der Waals surface area contributed by atoms with Gasteiger partial charge < -0.3 is 15.5 Å². The van der Waals surface area contributed by atoms with E-state index in [0.29, 0.717) is 34.3 Å². The number of hydrogen-bond donors (Lipinski definition) is 3. The van der Waals surface area contributed by atoms with Gasteiger partial charge in [0.05, 0.1) is 5.69 Å². The van der Waals surface area contributed by atoms with Crippen molar-refractivity contribution in [2.45, 2.75) is 22.8 Å². The van der Waals surface area contributed by atoms with E-state index in [-0.39, 0.29) is 12.4 Å². The van der Waals surface area contributed by atoms with Gasteiger partial charge in [-0.05, 0) is 60.0 Å². The molecule has 0 aliphatic carbocycles. The van der Waals surface area contributed by atoms with Crippen LogP contribution in [0, 0.1) is 0 Å². The average molecular weight is 420 g/mol. The highest BCUT2D eigenvalue weighted by atomic mass is 35.5. The summed E-state index contributed by atoms with van der Waals surface area (Å²) in [6.45, 7) is 0.483. The fraction of sp³-hybridized carbons (Fsp3) is 0.143. The zero-order valence-corrected chi connectivity index (χ0v) is 16.8. The molecule has 0 aliphatic rings. The van der Waals surface area contributed by atoms with Crippen LogP contribution < -0.4 is 5.32 Å². The van der Waals surface area contributed by atoms with Crippen molar-refractivity contribution in [1.82, 2.24) is 0 Å². The molecule has 0 heterocycles. The van der Waals surface area contributed by atoms with Crippen molar-refractivity contribution in [3.8, 4) is 5.75 Å². The maximum Gasteiger partial charge on any atom is 0.142 e. The lowest BCUT2D eigenvalue weighted by molar-refractivity contribution is 0.297. The second-order valence-electron chi connectivity index (χ2n) is 5.95. The molecular weight excluding hydrogens is 401 g/mol. The third-order valence-corrected chi connectivity index (χ3v) is 5.61. The number of halogens is 2. The molecule has 3 rings (SSSR count). The molecular formula is C21H19Cl2NO2S. The first-order chi connectivity index (χ1) is 13.1. The van der Waals surface area contributed by atoms with Crippen LogP contribution in [0.1, 0.15) is 11.1 Å². The van der Waals surface area contributed by atoms with Gasteiger partial charge in [0.15, 0.2) is 0 Å². The topological polar surface area (TPSA) is 52.5 Å². The molecule has 140 valence electrons. The molecule has 0 bridgehead atoms. The molecule has 0 fully saturated rings. The number of benzene rings is 3. The van der Waals surface area contributed by atoms with E-state index in [1.807, 2.05) is 42.5 Å². The Morgan fingerprint density at radius 1 is 0.889 bits per heavy atom. The van der Waals surface area contributed by atoms with Crippen molar-refractivity contribution in [3.63, 3.8) is 0 Å². The third-order valence-electron chi connectivity index (χ3n) is 4.02. The zero-order valence-electron chi connectivity index (χ0n) is 14.5. The molecule has 0 aliphatic heterocycles. The van der Waals surface area contributed by atoms with E-state index >= 15 is 0 Å². The fourth-order valence-corrected chi connectivity index (χ4v) is 3.98. The fourth-order valence-electron chi connectivity index (χ4n) is 2.67. The maximum atomic E-state index is 10.4. The Hall–Kier alpha value is -1.85. The number of phenols is 1. The molecule has 3 N–H and O–H groups in total. The predicted molar refractivity (Wildman–Crippen MR) is 113 cm³/mol. The minimum Gasteiger partial charge on any atom is -0.505 e. The van der Waals surface area contributed by atoms with E-state index in [0.717, 1.165) is 15.4 Å². The lowest BCUT2D eigenvalue weighted by Crippen LogP contribution is -2.03. The van der Waals surface area contributed by atoms with Crippen molar-refractivity contribution < 1.29 is 10.2 Å². The van der Waals surface area contributed by atoms with Crippen molar-refractivity contribution >= 4 is 40.7 Å². The number of nitrogens with one attached hydrogen (secondary N) is 1. The summed E-state index contributed by atoms with van der Waals surface area (Å²) in [6, 6.07) is 19.2. The number of aliphatic hydroxyl groups excluding tert-OH is 1. The number of rotatable bonds is 7. The highest BCUT2D eigenvalue weighted by Crippen LogP contribution is 2.34. The van der Waals surface area contributed by atoms with Crippen LogP contribution in [0.3, 0.4) is 0 Å². The lowest BCUT2D eigenvalue weighted by Gasteiger charge is -2.14. The molecule has 3 aromatic carbocycles. The normalized spacial score (nSPS) is 10.8. The van der Waals surface area contributed by atoms with Gasteiger partial charge in [-0.25, -0.2) is 0 Å². The summed E-state index contributed by atoms with van der Waals surface area (Å²) >= 11 is 13.8. The van der Waals surface area contributed by atoms with Gasteiger partial charge in [0.2, 0.25) is 0 Å². The summed E-state index contributed by atoms with van der Waals surface area (Å²) in [5.74, 6) is 0.122. The van der Waals surface area contributed by atoms with Gasteiger partial charge in [-0.15, -0.1) is 0 Å². The number of aliphatic hydroxyl groups is 1. The second kappa shape index (κ2) is 9.38. The first-order valence-electron chi connectivity index (χ1n) is 8.44. The van der Waals surface area contributed by atoms with Crippen molar-refractivity contribution in [1.29, 1.82) is 0 Å². The van der Waals surface area contributed by atoms with Crippen LogP contribution in [0.2, 0.25) is 10.0 Å². The van der Waals surface area contributed by atoms with Gasteiger partial charge in [0, 0.05) is 33.0 Å². The minimum absolute atomic E-state index is 0.0477. The third kappa shape index (κ3) is 5.33. The monoisotopic (exact) mass is 419 g/mol. The quantitative estimate of drug-likeness (QED) is 0.411. The van der Waals surface area contributed by atoms with Crippen LogP contribution >= 0.6 is 35.0 Å². The Morgan fingerprint density at radius 2 is 1.63 bits per heavy atom. The molecule has 0 saturated heterocycles. The summed E-state index contributed by atoms with van der Waals surface area (Å²) in [6.07, 6.45) is 0.351. The van der Waals surface area contributed by atoms with Crippen molar-refractivity contribution in [2.75, 3.05) is 11.9 Å². The summed E-state index contributed by atoms with van der Waals surface area (Å²) < 4.78 is 0. The molecule has 3 nitrogen and oxygen atoms in total. The highest BCUT2D eigenvalue weighted by Gasteiger charge is 2.10. The zero-order chi connectivity index (χ0) is 19.2. The van der Waals surface area contributed by atoms with Crippen LogP contribution in [0.4, 0.5) is 5.69 Å². The number of phenolic OH excluding ortho intramolecular Hbond substituents is 1. The van der Waals surface area contributed by atoms with E-state index in [1.165, 1.54) is 0 Å². The van der Waals surface area contributed by atoms with Crippen molar-refractivity contribution in [2.24, 2.45) is 0 Å². The predicted octanol–water partition coefficient (Wildman–Crippen LogP) is 6.00. The number of anilines is 1. The smallest absolute Gasteiger partial charge is 0.142 e. The summed E-state index contributed by atoms with van der Waals surface area (Å²) in [7, 11) is 0. The molecule has 0 saturated carbocycles. The number of aromatic hydroxyl groups is 1. The largest absolute Gasteiger partial charge is 0.505 e. The van der Waals surface area contributed by atoms with Gasteiger partial charge >= 0.3 is 0 Å². The lowest BCUT2D eigenvalue weighted by atomic mass is 10.1. The van der Waals surface area contributed by atoms with E-state index in [4.69, 9.17) is 28.3 Å². The van der Waals surface area contributed by atoms with Crippen LogP contribution in [-0.2, 0) is 13.0 Å². The second-order valence-corrected chi connectivity index (χ2v) is 7.94. The van der Waals surface area contributed by atoms with E-state index in [9.17, 15) is 5.11 Å².